The molecule has 0 atom stereocenters. The molecule has 1 aromatic rings. The monoisotopic (exact) mass is 248 g/mol. The van der Waals surface area contributed by atoms with Gasteiger partial charge in [-0.25, -0.2) is 9.18 Å². The third-order valence-electron chi connectivity index (χ3n) is 3.16. The fraction of sp³-hybridized carbons (Fsp3) is 0.385. The number of ether oxygens (including phenoxy) is 1. The van der Waals surface area contributed by atoms with Gasteiger partial charge in [0.15, 0.2) is 0 Å². The molecule has 1 aliphatic rings. The SMILES string of the molecule is N#CCC1(COC(=O)c2ccc(N)c(F)c2)CC1. The van der Waals surface area contributed by atoms with Crippen LogP contribution in [-0.2, 0) is 4.74 Å². The quantitative estimate of drug-likeness (QED) is 0.655. The van der Waals surface area contributed by atoms with Gasteiger partial charge in [-0.1, -0.05) is 0 Å². The van der Waals surface area contributed by atoms with E-state index >= 15 is 0 Å². The van der Waals surface area contributed by atoms with Gasteiger partial charge in [-0.3, -0.25) is 0 Å². The topological polar surface area (TPSA) is 76.1 Å². The number of rotatable bonds is 4. The number of hydrogen-bond donors (Lipinski definition) is 1. The summed E-state index contributed by atoms with van der Waals surface area (Å²) in [6.07, 6.45) is 2.17. The number of halogens is 1. The fourth-order valence-corrected chi connectivity index (χ4v) is 1.67. The number of esters is 1. The number of nitrogens with two attached hydrogens (primary N) is 1. The lowest BCUT2D eigenvalue weighted by molar-refractivity contribution is 0.0419. The molecule has 0 aliphatic heterocycles. The lowest BCUT2D eigenvalue weighted by Crippen LogP contribution is -2.15. The normalized spacial score (nSPS) is 15.8. The Hall–Kier alpha value is -2.09. The first-order valence-electron chi connectivity index (χ1n) is 5.65. The van der Waals surface area contributed by atoms with Gasteiger partial charge in [-0.2, -0.15) is 5.26 Å². The molecule has 0 saturated heterocycles. The van der Waals surface area contributed by atoms with E-state index in [1.54, 1.807) is 0 Å². The molecule has 94 valence electrons. The van der Waals surface area contributed by atoms with E-state index < -0.39 is 11.8 Å². The molecule has 2 N–H and O–H groups in total. The van der Waals surface area contributed by atoms with Crippen LogP contribution in [-0.4, -0.2) is 12.6 Å². The number of carbonyl (C=O) groups excluding carboxylic acids is 1. The van der Waals surface area contributed by atoms with E-state index in [9.17, 15) is 9.18 Å². The zero-order valence-corrected chi connectivity index (χ0v) is 9.78. The molecule has 1 aromatic carbocycles. The molecule has 2 rings (SSSR count). The number of nitrogens with zero attached hydrogens (tertiary/aromatic N) is 1. The molecular weight excluding hydrogens is 235 g/mol. The van der Waals surface area contributed by atoms with Gasteiger partial charge < -0.3 is 10.5 Å². The molecule has 0 radical (unpaired) electrons. The first-order chi connectivity index (χ1) is 8.56. The van der Waals surface area contributed by atoms with Crippen LogP contribution in [0.1, 0.15) is 29.6 Å². The Labute approximate surface area is 104 Å². The van der Waals surface area contributed by atoms with Crippen LogP contribution >= 0.6 is 0 Å². The Bertz CT molecular complexity index is 518. The Morgan fingerprint density at radius 1 is 1.56 bits per heavy atom. The summed E-state index contributed by atoms with van der Waals surface area (Å²) in [6, 6.07) is 5.89. The van der Waals surface area contributed by atoms with Gasteiger partial charge >= 0.3 is 5.97 Å². The van der Waals surface area contributed by atoms with Crippen molar-refractivity contribution in [3.05, 3.63) is 29.6 Å². The van der Waals surface area contributed by atoms with Crippen molar-refractivity contribution in [1.82, 2.24) is 0 Å². The summed E-state index contributed by atoms with van der Waals surface area (Å²) in [5.74, 6) is -1.22. The minimum absolute atomic E-state index is 0.00491. The average molecular weight is 248 g/mol. The van der Waals surface area contributed by atoms with Crippen LogP contribution in [0.5, 0.6) is 0 Å². The molecule has 0 spiro atoms. The predicted octanol–water partition coefficient (Wildman–Crippen LogP) is 2.26. The van der Waals surface area contributed by atoms with Crippen LogP contribution in [0, 0.1) is 22.6 Å². The third kappa shape index (κ3) is 2.59. The van der Waals surface area contributed by atoms with E-state index in [-0.39, 0.29) is 23.3 Å². The van der Waals surface area contributed by atoms with E-state index in [4.69, 9.17) is 15.7 Å². The fourth-order valence-electron chi connectivity index (χ4n) is 1.67. The maximum absolute atomic E-state index is 13.2. The van der Waals surface area contributed by atoms with Crippen molar-refractivity contribution in [3.63, 3.8) is 0 Å². The Balaban J connectivity index is 1.96. The van der Waals surface area contributed by atoms with Crippen molar-refractivity contribution in [2.24, 2.45) is 5.41 Å². The number of carbonyl (C=O) groups is 1. The van der Waals surface area contributed by atoms with E-state index in [2.05, 4.69) is 6.07 Å². The van der Waals surface area contributed by atoms with E-state index in [1.807, 2.05) is 0 Å². The van der Waals surface area contributed by atoms with Crippen LogP contribution in [0.25, 0.3) is 0 Å². The zero-order valence-electron chi connectivity index (χ0n) is 9.78. The molecule has 5 heteroatoms. The summed E-state index contributed by atoms with van der Waals surface area (Å²) >= 11 is 0. The van der Waals surface area contributed by atoms with Gasteiger partial charge in [0.05, 0.1) is 23.9 Å². The van der Waals surface area contributed by atoms with Gasteiger partial charge in [0, 0.05) is 11.8 Å². The summed E-state index contributed by atoms with van der Waals surface area (Å²) in [5, 5.41) is 8.64. The second kappa shape index (κ2) is 4.65. The van der Waals surface area contributed by atoms with Gasteiger partial charge in [-0.05, 0) is 31.0 Å². The summed E-state index contributed by atoms with van der Waals surface area (Å²) in [4.78, 5) is 11.7. The second-order valence-electron chi connectivity index (χ2n) is 4.65. The zero-order chi connectivity index (χ0) is 13.2. The standard InChI is InChI=1S/C13H13FN2O2/c14-10-7-9(1-2-11(10)16)12(17)18-8-13(3-4-13)5-6-15/h1-2,7H,3-5,8,16H2. The molecule has 0 heterocycles. The average Bonchev–Trinajstić information content (AvgIpc) is 3.11. The first kappa shape index (κ1) is 12.4. The lowest BCUT2D eigenvalue weighted by Gasteiger charge is -2.11. The second-order valence-corrected chi connectivity index (χ2v) is 4.65. The molecule has 1 fully saturated rings. The molecule has 0 unspecified atom stereocenters. The third-order valence-corrected chi connectivity index (χ3v) is 3.16. The number of nitrogen functional groups attached to an aromatic ring is 1. The van der Waals surface area contributed by atoms with Crippen molar-refractivity contribution in [2.45, 2.75) is 19.3 Å². The Kier molecular flexibility index (Phi) is 3.19. The first-order valence-corrected chi connectivity index (χ1v) is 5.65. The van der Waals surface area contributed by atoms with E-state index in [0.717, 1.165) is 18.9 Å². The number of anilines is 1. The van der Waals surface area contributed by atoms with Gasteiger partial charge in [0.2, 0.25) is 0 Å². The minimum atomic E-state index is -0.636. The molecule has 0 bridgehead atoms. The van der Waals surface area contributed by atoms with Crippen LogP contribution in [0.4, 0.5) is 10.1 Å². The summed E-state index contributed by atoms with van der Waals surface area (Å²) in [5.41, 5.74) is 5.28. The van der Waals surface area contributed by atoms with Crippen LogP contribution in [0.15, 0.2) is 18.2 Å². The lowest BCUT2D eigenvalue weighted by atomic mass is 10.1. The molecule has 4 nitrogen and oxygen atoms in total. The maximum atomic E-state index is 13.2. The number of nitriles is 1. The number of benzene rings is 1. The van der Waals surface area contributed by atoms with Gasteiger partial charge in [-0.15, -0.1) is 0 Å². The van der Waals surface area contributed by atoms with Crippen molar-refractivity contribution in [1.29, 1.82) is 5.26 Å². The summed E-state index contributed by atoms with van der Waals surface area (Å²) in [6.45, 7) is 0.214. The Morgan fingerprint density at radius 3 is 2.83 bits per heavy atom. The predicted molar refractivity (Wildman–Crippen MR) is 63.0 cm³/mol. The highest BCUT2D eigenvalue weighted by Gasteiger charge is 2.43. The summed E-state index contributed by atoms with van der Waals surface area (Å²) < 4.78 is 18.3. The highest BCUT2D eigenvalue weighted by atomic mass is 19.1. The molecule has 1 saturated carbocycles. The largest absolute Gasteiger partial charge is 0.461 e. The van der Waals surface area contributed by atoms with Crippen LogP contribution < -0.4 is 5.73 Å². The smallest absolute Gasteiger partial charge is 0.338 e. The van der Waals surface area contributed by atoms with E-state index in [0.29, 0.717) is 6.42 Å². The van der Waals surface area contributed by atoms with Gasteiger partial charge in [0.1, 0.15) is 5.82 Å². The van der Waals surface area contributed by atoms with Crippen molar-refractivity contribution in [3.8, 4) is 6.07 Å². The number of hydrogen-bond acceptors (Lipinski definition) is 4. The van der Waals surface area contributed by atoms with Crippen LogP contribution in [0.2, 0.25) is 0 Å². The van der Waals surface area contributed by atoms with E-state index in [1.165, 1.54) is 12.1 Å². The van der Waals surface area contributed by atoms with Crippen LogP contribution in [0.3, 0.4) is 0 Å². The highest BCUT2D eigenvalue weighted by Crippen LogP contribution is 2.48. The van der Waals surface area contributed by atoms with Crippen molar-refractivity contribution < 1.29 is 13.9 Å². The molecular formula is C13H13FN2O2. The molecule has 1 aliphatic carbocycles. The molecule has 0 amide bonds. The summed E-state index contributed by atoms with van der Waals surface area (Å²) in [7, 11) is 0. The highest BCUT2D eigenvalue weighted by molar-refractivity contribution is 5.89. The molecule has 18 heavy (non-hydrogen) atoms. The minimum Gasteiger partial charge on any atom is -0.461 e. The van der Waals surface area contributed by atoms with Crippen molar-refractivity contribution in [2.75, 3.05) is 12.3 Å². The Morgan fingerprint density at radius 2 is 2.28 bits per heavy atom. The van der Waals surface area contributed by atoms with Gasteiger partial charge in [0.25, 0.3) is 0 Å². The maximum Gasteiger partial charge on any atom is 0.338 e. The molecule has 0 aromatic heterocycles. The van der Waals surface area contributed by atoms with Crippen molar-refractivity contribution >= 4 is 11.7 Å².